The van der Waals surface area contributed by atoms with Gasteiger partial charge in [-0.2, -0.15) is 0 Å². The van der Waals surface area contributed by atoms with Gasteiger partial charge in [0.25, 0.3) is 0 Å². The minimum atomic E-state index is -0.903. The first-order chi connectivity index (χ1) is 5.68. The number of aliphatic hydroxyl groups excluding tert-OH is 1. The number of thiol groups is 1. The van der Waals surface area contributed by atoms with Gasteiger partial charge in [-0.05, 0) is 13.3 Å². The lowest BCUT2D eigenvalue weighted by Gasteiger charge is -2.27. The topological polar surface area (TPSA) is 38.7 Å². The summed E-state index contributed by atoms with van der Waals surface area (Å²) in [4.78, 5) is 0. The molecular weight excluding hydrogens is 176 g/mol. The fraction of sp³-hybridized carbons (Fsp3) is 1.00. The maximum atomic E-state index is 8.72. The van der Waals surface area contributed by atoms with Gasteiger partial charge in [0.1, 0.15) is 0 Å². The van der Waals surface area contributed by atoms with E-state index in [4.69, 9.17) is 14.6 Å². The Labute approximate surface area is 79.5 Å². The van der Waals surface area contributed by atoms with Gasteiger partial charge in [-0.25, -0.2) is 0 Å². The Hall–Kier alpha value is 0.230. The SMILES string of the molecule is CCCOC(S)(CCO)OCC. The molecule has 1 unspecified atom stereocenters. The molecule has 0 heterocycles. The van der Waals surface area contributed by atoms with Crippen molar-refractivity contribution in [2.45, 2.75) is 31.8 Å². The summed E-state index contributed by atoms with van der Waals surface area (Å²) >= 11 is 4.21. The van der Waals surface area contributed by atoms with Crippen LogP contribution in [0.2, 0.25) is 0 Å². The van der Waals surface area contributed by atoms with Gasteiger partial charge < -0.3 is 14.6 Å². The van der Waals surface area contributed by atoms with Gasteiger partial charge in [-0.1, -0.05) is 6.92 Å². The first-order valence-electron chi connectivity index (χ1n) is 4.29. The van der Waals surface area contributed by atoms with Gasteiger partial charge in [0.2, 0.25) is 5.12 Å². The molecular formula is C8H18O3S. The molecule has 0 amide bonds. The average molecular weight is 194 g/mol. The Morgan fingerprint density at radius 2 is 2.00 bits per heavy atom. The first-order valence-corrected chi connectivity index (χ1v) is 4.74. The van der Waals surface area contributed by atoms with Crippen LogP contribution >= 0.6 is 12.6 Å². The number of hydrogen-bond donors (Lipinski definition) is 2. The van der Waals surface area contributed by atoms with E-state index in [2.05, 4.69) is 12.6 Å². The standard InChI is InChI=1S/C8H18O3S/c1-3-7-11-8(12,5-6-9)10-4-2/h9,12H,3-7H2,1-2H3. The lowest BCUT2D eigenvalue weighted by atomic mass is 10.4. The van der Waals surface area contributed by atoms with Crippen LogP contribution in [0.1, 0.15) is 26.7 Å². The van der Waals surface area contributed by atoms with Gasteiger partial charge >= 0.3 is 0 Å². The molecule has 1 N–H and O–H groups in total. The fourth-order valence-corrected chi connectivity index (χ4v) is 1.13. The van der Waals surface area contributed by atoms with Crippen molar-refractivity contribution in [2.75, 3.05) is 19.8 Å². The molecule has 0 spiro atoms. The molecule has 74 valence electrons. The van der Waals surface area contributed by atoms with E-state index in [1.54, 1.807) is 0 Å². The third-order valence-electron chi connectivity index (χ3n) is 1.33. The zero-order valence-electron chi connectivity index (χ0n) is 7.75. The highest BCUT2D eigenvalue weighted by Gasteiger charge is 2.25. The maximum absolute atomic E-state index is 8.72. The number of aliphatic hydroxyl groups is 1. The highest BCUT2D eigenvalue weighted by atomic mass is 32.1. The maximum Gasteiger partial charge on any atom is 0.217 e. The first kappa shape index (κ1) is 12.2. The third kappa shape index (κ3) is 4.98. The molecule has 0 saturated heterocycles. The Morgan fingerprint density at radius 1 is 1.33 bits per heavy atom. The van der Waals surface area contributed by atoms with Gasteiger partial charge in [-0.3, -0.25) is 0 Å². The summed E-state index contributed by atoms with van der Waals surface area (Å²) in [5, 5.41) is 7.82. The number of hydrogen-bond acceptors (Lipinski definition) is 4. The lowest BCUT2D eigenvalue weighted by molar-refractivity contribution is -0.174. The van der Waals surface area contributed by atoms with Crippen LogP contribution < -0.4 is 0 Å². The Bertz CT molecular complexity index is 102. The summed E-state index contributed by atoms with van der Waals surface area (Å²) in [5.74, 6) is 0. The predicted octanol–water partition coefficient (Wildman–Crippen LogP) is 1.42. The molecule has 0 fully saturated rings. The van der Waals surface area contributed by atoms with Crippen LogP contribution in [0.3, 0.4) is 0 Å². The molecule has 0 aliphatic heterocycles. The van der Waals surface area contributed by atoms with Crippen molar-refractivity contribution in [3.05, 3.63) is 0 Å². The molecule has 0 aliphatic carbocycles. The van der Waals surface area contributed by atoms with Crippen molar-refractivity contribution in [1.29, 1.82) is 0 Å². The Morgan fingerprint density at radius 3 is 2.42 bits per heavy atom. The summed E-state index contributed by atoms with van der Waals surface area (Å²) in [6.45, 7) is 5.04. The third-order valence-corrected chi connectivity index (χ3v) is 1.81. The van der Waals surface area contributed by atoms with Crippen LogP contribution in [0.25, 0.3) is 0 Å². The molecule has 0 saturated carbocycles. The van der Waals surface area contributed by atoms with Crippen molar-refractivity contribution in [3.8, 4) is 0 Å². The van der Waals surface area contributed by atoms with Gasteiger partial charge in [0.05, 0.1) is 6.61 Å². The van der Waals surface area contributed by atoms with Crippen molar-refractivity contribution in [2.24, 2.45) is 0 Å². The molecule has 0 bridgehead atoms. The van der Waals surface area contributed by atoms with E-state index in [9.17, 15) is 0 Å². The lowest BCUT2D eigenvalue weighted by Crippen LogP contribution is -2.31. The zero-order valence-corrected chi connectivity index (χ0v) is 8.64. The minimum absolute atomic E-state index is 0.0210. The molecule has 0 aromatic heterocycles. The van der Waals surface area contributed by atoms with E-state index in [1.807, 2.05) is 13.8 Å². The molecule has 0 radical (unpaired) electrons. The van der Waals surface area contributed by atoms with Crippen LogP contribution in [0.4, 0.5) is 0 Å². The van der Waals surface area contributed by atoms with Crippen molar-refractivity contribution < 1.29 is 14.6 Å². The van der Waals surface area contributed by atoms with E-state index in [-0.39, 0.29) is 6.61 Å². The van der Waals surface area contributed by atoms with Gasteiger partial charge in [-0.15, -0.1) is 12.6 Å². The second kappa shape index (κ2) is 6.71. The van der Waals surface area contributed by atoms with Gasteiger partial charge in [0.15, 0.2) is 0 Å². The van der Waals surface area contributed by atoms with Crippen molar-refractivity contribution >= 4 is 12.6 Å². The highest BCUT2D eigenvalue weighted by molar-refractivity contribution is 7.81. The van der Waals surface area contributed by atoms with Crippen LogP contribution in [-0.4, -0.2) is 30.0 Å². The molecule has 4 heteroatoms. The van der Waals surface area contributed by atoms with E-state index in [0.29, 0.717) is 19.6 Å². The molecule has 1 atom stereocenters. The number of ether oxygens (including phenoxy) is 2. The summed E-state index contributed by atoms with van der Waals surface area (Å²) < 4.78 is 10.6. The summed E-state index contributed by atoms with van der Waals surface area (Å²) in [6.07, 6.45) is 1.31. The summed E-state index contributed by atoms with van der Waals surface area (Å²) in [6, 6.07) is 0. The van der Waals surface area contributed by atoms with Crippen LogP contribution in [0.5, 0.6) is 0 Å². The second-order valence-electron chi connectivity index (χ2n) is 2.47. The summed E-state index contributed by atoms with van der Waals surface area (Å²) in [5.41, 5.74) is 0. The van der Waals surface area contributed by atoms with Crippen molar-refractivity contribution in [3.63, 3.8) is 0 Å². The largest absolute Gasteiger partial charge is 0.396 e. The molecule has 0 aromatic rings. The fourth-order valence-electron chi connectivity index (χ4n) is 0.814. The normalized spacial score (nSPS) is 16.0. The molecule has 0 aliphatic rings. The van der Waals surface area contributed by atoms with E-state index in [0.717, 1.165) is 6.42 Å². The number of rotatable bonds is 7. The Balaban J connectivity index is 3.80. The average Bonchev–Trinajstić information content (AvgIpc) is 2.02. The second-order valence-corrected chi connectivity index (χ2v) is 3.15. The zero-order chi connectivity index (χ0) is 9.45. The summed E-state index contributed by atoms with van der Waals surface area (Å²) in [7, 11) is 0. The molecule has 0 aromatic carbocycles. The predicted molar refractivity (Wildman–Crippen MR) is 51.3 cm³/mol. The quantitative estimate of drug-likeness (QED) is 0.475. The monoisotopic (exact) mass is 194 g/mol. The highest BCUT2D eigenvalue weighted by Crippen LogP contribution is 2.22. The van der Waals surface area contributed by atoms with E-state index < -0.39 is 5.12 Å². The van der Waals surface area contributed by atoms with Gasteiger partial charge in [0, 0.05) is 19.6 Å². The molecule has 12 heavy (non-hydrogen) atoms. The van der Waals surface area contributed by atoms with Crippen LogP contribution in [-0.2, 0) is 9.47 Å². The van der Waals surface area contributed by atoms with Crippen LogP contribution in [0, 0.1) is 0 Å². The van der Waals surface area contributed by atoms with Crippen LogP contribution in [0.15, 0.2) is 0 Å². The van der Waals surface area contributed by atoms with E-state index >= 15 is 0 Å². The molecule has 3 nitrogen and oxygen atoms in total. The van der Waals surface area contributed by atoms with E-state index in [1.165, 1.54) is 0 Å². The molecule has 0 rings (SSSR count). The smallest absolute Gasteiger partial charge is 0.217 e. The Kier molecular flexibility index (Phi) is 6.84. The van der Waals surface area contributed by atoms with Crippen molar-refractivity contribution in [1.82, 2.24) is 0 Å². The minimum Gasteiger partial charge on any atom is -0.396 e.